The lowest BCUT2D eigenvalue weighted by Crippen LogP contribution is -2.25. The first-order valence-corrected chi connectivity index (χ1v) is 9.02. The zero-order valence-corrected chi connectivity index (χ0v) is 16.2. The van der Waals surface area contributed by atoms with Gasteiger partial charge >= 0.3 is 0 Å². The number of carbonyl (C=O) groups excluding carboxylic acids is 1. The molecule has 144 valence electrons. The van der Waals surface area contributed by atoms with Crippen LogP contribution in [-0.2, 0) is 6.54 Å². The summed E-state index contributed by atoms with van der Waals surface area (Å²) < 4.78 is 12.3. The molecule has 8 nitrogen and oxygen atoms in total. The lowest BCUT2D eigenvalue weighted by atomic mass is 10.1. The van der Waals surface area contributed by atoms with Crippen LogP contribution in [0.1, 0.15) is 35.9 Å². The molecule has 0 bridgehead atoms. The van der Waals surface area contributed by atoms with Gasteiger partial charge in [0.1, 0.15) is 0 Å². The predicted molar refractivity (Wildman–Crippen MR) is 104 cm³/mol. The molecule has 1 aliphatic rings. The normalized spacial score (nSPS) is 15.6. The smallest absolute Gasteiger partial charge is 0.260 e. The summed E-state index contributed by atoms with van der Waals surface area (Å²) in [6.07, 6.45) is 5.27. The van der Waals surface area contributed by atoms with Crippen LogP contribution in [0.2, 0.25) is 0 Å². The Balaban J connectivity index is 1.72. The van der Waals surface area contributed by atoms with E-state index in [-0.39, 0.29) is 11.9 Å². The Labute approximate surface area is 162 Å². The lowest BCUT2D eigenvalue weighted by Gasteiger charge is -2.19. The predicted octanol–water partition coefficient (Wildman–Crippen LogP) is 3.10. The van der Waals surface area contributed by atoms with Gasteiger partial charge in [-0.05, 0) is 32.0 Å². The Morgan fingerprint density at radius 3 is 2.68 bits per heavy atom. The maximum absolute atomic E-state index is 12.9. The molecule has 3 aromatic rings. The molecule has 4 heterocycles. The van der Waals surface area contributed by atoms with Crippen LogP contribution in [0.5, 0.6) is 11.6 Å². The quantitative estimate of drug-likeness (QED) is 0.677. The SMILES string of the molecule is CCn1cc(N2C(=O)c3ccc(-c4cnc(OC)c(OC)c4)nc3C2C)cn1. The molecule has 1 aliphatic heterocycles. The van der Waals surface area contributed by atoms with Crippen LogP contribution >= 0.6 is 0 Å². The van der Waals surface area contributed by atoms with Crippen molar-refractivity contribution in [1.29, 1.82) is 0 Å². The number of rotatable bonds is 5. The van der Waals surface area contributed by atoms with Gasteiger partial charge in [-0.25, -0.2) is 9.97 Å². The Bertz CT molecular complexity index is 1050. The number of fused-ring (bicyclic) bond motifs is 1. The van der Waals surface area contributed by atoms with Gasteiger partial charge in [0.15, 0.2) is 5.75 Å². The van der Waals surface area contributed by atoms with E-state index in [0.29, 0.717) is 17.2 Å². The standard InChI is InChI=1S/C20H21N5O3/c1-5-24-11-14(10-22-24)25-12(2)18-15(20(25)26)6-7-16(23-18)13-8-17(27-3)19(28-4)21-9-13/h6-12H,5H2,1-4H3. The Morgan fingerprint density at radius 1 is 1.18 bits per heavy atom. The molecule has 8 heteroatoms. The van der Waals surface area contributed by atoms with Crippen molar-refractivity contribution in [2.24, 2.45) is 0 Å². The zero-order valence-electron chi connectivity index (χ0n) is 16.2. The molecule has 1 atom stereocenters. The molecule has 28 heavy (non-hydrogen) atoms. The number of hydrogen-bond donors (Lipinski definition) is 0. The number of aromatic nitrogens is 4. The van der Waals surface area contributed by atoms with E-state index in [0.717, 1.165) is 29.2 Å². The fourth-order valence-electron chi connectivity index (χ4n) is 3.43. The highest BCUT2D eigenvalue weighted by atomic mass is 16.5. The van der Waals surface area contributed by atoms with Crippen molar-refractivity contribution in [3.05, 3.63) is 48.0 Å². The fourth-order valence-corrected chi connectivity index (χ4v) is 3.43. The van der Waals surface area contributed by atoms with Gasteiger partial charge in [-0.1, -0.05) is 0 Å². The van der Waals surface area contributed by atoms with Crippen LogP contribution in [0.4, 0.5) is 5.69 Å². The van der Waals surface area contributed by atoms with Gasteiger partial charge in [0.05, 0.1) is 49.1 Å². The number of nitrogens with zero attached hydrogens (tertiary/aromatic N) is 5. The number of amides is 1. The third kappa shape index (κ3) is 2.77. The minimum Gasteiger partial charge on any atom is -0.491 e. The van der Waals surface area contributed by atoms with Gasteiger partial charge in [0.2, 0.25) is 0 Å². The number of methoxy groups -OCH3 is 2. The highest BCUT2D eigenvalue weighted by Crippen LogP contribution is 2.37. The highest BCUT2D eigenvalue weighted by Gasteiger charge is 2.37. The van der Waals surface area contributed by atoms with Crippen LogP contribution in [0, 0.1) is 0 Å². The molecule has 0 saturated heterocycles. The topological polar surface area (TPSA) is 82.4 Å². The van der Waals surface area contributed by atoms with Gasteiger partial charge in [0, 0.05) is 24.5 Å². The molecular formula is C20H21N5O3. The summed E-state index contributed by atoms with van der Waals surface area (Å²) in [5, 5.41) is 4.28. The van der Waals surface area contributed by atoms with Crippen LogP contribution in [-0.4, -0.2) is 39.9 Å². The number of carbonyl (C=O) groups is 1. The van der Waals surface area contributed by atoms with E-state index in [2.05, 4.69) is 10.1 Å². The van der Waals surface area contributed by atoms with Crippen molar-refractivity contribution in [1.82, 2.24) is 19.7 Å². The van der Waals surface area contributed by atoms with Crippen LogP contribution in [0.25, 0.3) is 11.3 Å². The summed E-state index contributed by atoms with van der Waals surface area (Å²) in [4.78, 5) is 23.7. The van der Waals surface area contributed by atoms with Crippen LogP contribution < -0.4 is 14.4 Å². The Morgan fingerprint density at radius 2 is 2.00 bits per heavy atom. The summed E-state index contributed by atoms with van der Waals surface area (Å²) in [7, 11) is 3.11. The molecule has 0 radical (unpaired) electrons. The van der Waals surface area contributed by atoms with Gasteiger partial charge < -0.3 is 9.47 Å². The minimum atomic E-state index is -0.190. The summed E-state index contributed by atoms with van der Waals surface area (Å²) >= 11 is 0. The van der Waals surface area contributed by atoms with E-state index in [4.69, 9.17) is 14.5 Å². The van der Waals surface area contributed by atoms with E-state index >= 15 is 0 Å². The highest BCUT2D eigenvalue weighted by molar-refractivity contribution is 6.10. The van der Waals surface area contributed by atoms with Crippen molar-refractivity contribution in [2.45, 2.75) is 26.4 Å². The van der Waals surface area contributed by atoms with Gasteiger partial charge in [-0.2, -0.15) is 5.10 Å². The van der Waals surface area contributed by atoms with Crippen molar-refractivity contribution in [2.75, 3.05) is 19.1 Å². The minimum absolute atomic E-state index is 0.0670. The van der Waals surface area contributed by atoms with Gasteiger partial charge in [0.25, 0.3) is 11.8 Å². The molecule has 0 saturated carbocycles. The first-order chi connectivity index (χ1) is 13.6. The summed E-state index contributed by atoms with van der Waals surface area (Å²) in [6.45, 7) is 4.72. The number of aryl methyl sites for hydroxylation is 1. The molecule has 1 amide bonds. The first-order valence-electron chi connectivity index (χ1n) is 9.02. The second-order valence-corrected chi connectivity index (χ2v) is 6.47. The fraction of sp³-hybridized carbons (Fsp3) is 0.300. The Hall–Kier alpha value is -3.42. The van der Waals surface area contributed by atoms with Crippen molar-refractivity contribution in [3.63, 3.8) is 0 Å². The number of ether oxygens (including phenoxy) is 2. The molecule has 0 fully saturated rings. The summed E-state index contributed by atoms with van der Waals surface area (Å²) in [5.74, 6) is 0.873. The molecule has 0 N–H and O–H groups in total. The summed E-state index contributed by atoms with van der Waals surface area (Å²) in [6, 6.07) is 5.28. The third-order valence-corrected chi connectivity index (χ3v) is 4.91. The van der Waals surface area contributed by atoms with Gasteiger partial charge in [-0.15, -0.1) is 0 Å². The van der Waals surface area contributed by atoms with E-state index in [1.54, 1.807) is 36.2 Å². The van der Waals surface area contributed by atoms with E-state index < -0.39 is 0 Å². The van der Waals surface area contributed by atoms with Crippen molar-refractivity contribution >= 4 is 11.6 Å². The average molecular weight is 379 g/mol. The maximum atomic E-state index is 12.9. The molecule has 1 unspecified atom stereocenters. The molecule has 4 rings (SSSR count). The molecule has 0 spiro atoms. The van der Waals surface area contributed by atoms with Crippen molar-refractivity contribution in [3.8, 4) is 22.9 Å². The maximum Gasteiger partial charge on any atom is 0.260 e. The number of pyridine rings is 2. The number of anilines is 1. The average Bonchev–Trinajstić information content (AvgIpc) is 3.30. The second kappa shape index (κ2) is 6.95. The molecular weight excluding hydrogens is 358 g/mol. The van der Waals surface area contributed by atoms with Crippen LogP contribution in [0.15, 0.2) is 36.8 Å². The lowest BCUT2D eigenvalue weighted by molar-refractivity contribution is 0.0992. The molecule has 0 aliphatic carbocycles. The van der Waals surface area contributed by atoms with E-state index in [1.807, 2.05) is 38.2 Å². The zero-order chi connectivity index (χ0) is 19.8. The monoisotopic (exact) mass is 379 g/mol. The van der Waals surface area contributed by atoms with Crippen LogP contribution in [0.3, 0.4) is 0 Å². The van der Waals surface area contributed by atoms with Gasteiger partial charge in [-0.3, -0.25) is 14.4 Å². The van der Waals surface area contributed by atoms with Crippen molar-refractivity contribution < 1.29 is 14.3 Å². The molecule has 3 aromatic heterocycles. The van der Waals surface area contributed by atoms with E-state index in [9.17, 15) is 4.79 Å². The Kier molecular flexibility index (Phi) is 4.46. The molecule has 0 aromatic carbocycles. The van der Waals surface area contributed by atoms with E-state index in [1.165, 1.54) is 0 Å². The summed E-state index contributed by atoms with van der Waals surface area (Å²) in [5.41, 5.74) is 3.62. The second-order valence-electron chi connectivity index (χ2n) is 6.47. The first kappa shape index (κ1) is 18.0. The third-order valence-electron chi connectivity index (χ3n) is 4.91. The largest absolute Gasteiger partial charge is 0.491 e. The number of hydrogen-bond acceptors (Lipinski definition) is 6.